The average Bonchev–Trinajstić information content (AvgIpc) is 3.53. The normalized spacial score (nSPS) is 13.4. The van der Waals surface area contributed by atoms with E-state index in [1.165, 1.54) is 18.4 Å². The number of thioether (sulfide) groups is 1. The van der Waals surface area contributed by atoms with E-state index < -0.39 is 0 Å². The van der Waals surface area contributed by atoms with Crippen molar-refractivity contribution in [1.82, 2.24) is 19.9 Å². The van der Waals surface area contributed by atoms with Gasteiger partial charge in [0.15, 0.2) is 11.0 Å². The summed E-state index contributed by atoms with van der Waals surface area (Å²) in [6, 6.07) is 11.7. The molecule has 0 spiro atoms. The van der Waals surface area contributed by atoms with Crippen molar-refractivity contribution in [1.29, 1.82) is 0 Å². The van der Waals surface area contributed by atoms with Crippen LogP contribution in [0.25, 0.3) is 11.4 Å². The van der Waals surface area contributed by atoms with Gasteiger partial charge in [-0.15, -0.1) is 10.2 Å². The molecular formula is C22H22N4O3S. The third-order valence-corrected chi connectivity index (χ3v) is 6.31. The van der Waals surface area contributed by atoms with Gasteiger partial charge in [-0.1, -0.05) is 16.9 Å². The van der Waals surface area contributed by atoms with Gasteiger partial charge in [0.25, 0.3) is 0 Å². The van der Waals surface area contributed by atoms with Crippen LogP contribution in [0.5, 0.6) is 5.75 Å². The minimum absolute atomic E-state index is 0.556. The molecule has 0 saturated carbocycles. The van der Waals surface area contributed by atoms with E-state index in [0.29, 0.717) is 12.3 Å². The van der Waals surface area contributed by atoms with Crippen LogP contribution in [0.3, 0.4) is 0 Å². The highest BCUT2D eigenvalue weighted by Gasteiger charge is 2.21. The number of aryl methyl sites for hydroxylation is 1. The lowest BCUT2D eigenvalue weighted by Crippen LogP contribution is -2.04. The minimum atomic E-state index is 0.556. The third kappa shape index (κ3) is 3.75. The number of benzene rings is 1. The first-order chi connectivity index (χ1) is 14.8. The highest BCUT2D eigenvalue weighted by Crippen LogP contribution is 2.31. The Kier molecular flexibility index (Phi) is 5.31. The molecule has 1 aliphatic rings. The molecule has 1 aromatic carbocycles. The second-order valence-corrected chi connectivity index (χ2v) is 8.17. The first-order valence-electron chi connectivity index (χ1n) is 10.0. The van der Waals surface area contributed by atoms with E-state index in [1.807, 2.05) is 36.4 Å². The van der Waals surface area contributed by atoms with Crippen LogP contribution in [0.4, 0.5) is 0 Å². The molecule has 0 aliphatic heterocycles. The molecule has 30 heavy (non-hydrogen) atoms. The Balaban J connectivity index is 1.43. The lowest BCUT2D eigenvalue weighted by atomic mass is 9.97. The summed E-state index contributed by atoms with van der Waals surface area (Å²) in [7, 11) is 1.66. The molecule has 4 aromatic rings. The monoisotopic (exact) mass is 422 g/mol. The second-order valence-electron chi connectivity index (χ2n) is 7.23. The van der Waals surface area contributed by atoms with Gasteiger partial charge in [0.1, 0.15) is 17.3 Å². The van der Waals surface area contributed by atoms with E-state index in [2.05, 4.69) is 19.9 Å². The molecule has 8 heteroatoms. The molecule has 1 aliphatic carbocycles. The molecule has 0 N–H and O–H groups in total. The van der Waals surface area contributed by atoms with Crippen molar-refractivity contribution in [3.8, 4) is 17.1 Å². The largest absolute Gasteiger partial charge is 0.497 e. The molecule has 0 fully saturated rings. The zero-order valence-corrected chi connectivity index (χ0v) is 17.5. The maximum atomic E-state index is 5.58. The molecule has 0 bridgehead atoms. The summed E-state index contributed by atoms with van der Waals surface area (Å²) < 4.78 is 18.5. The van der Waals surface area contributed by atoms with E-state index in [4.69, 9.17) is 13.7 Å². The highest BCUT2D eigenvalue weighted by atomic mass is 32.2. The van der Waals surface area contributed by atoms with Crippen LogP contribution in [-0.2, 0) is 25.1 Å². The molecule has 3 aromatic heterocycles. The van der Waals surface area contributed by atoms with Crippen LogP contribution in [0.1, 0.15) is 35.6 Å². The topological polar surface area (TPSA) is 79.1 Å². The summed E-state index contributed by atoms with van der Waals surface area (Å²) in [4.78, 5) is 0. The quantitative estimate of drug-likeness (QED) is 0.398. The maximum absolute atomic E-state index is 5.58. The van der Waals surface area contributed by atoms with E-state index >= 15 is 0 Å². The van der Waals surface area contributed by atoms with Gasteiger partial charge in [0.05, 0.1) is 25.6 Å². The van der Waals surface area contributed by atoms with Crippen LogP contribution in [0.2, 0.25) is 0 Å². The van der Waals surface area contributed by atoms with E-state index in [9.17, 15) is 0 Å². The Morgan fingerprint density at radius 1 is 1.10 bits per heavy atom. The molecule has 0 unspecified atom stereocenters. The summed E-state index contributed by atoms with van der Waals surface area (Å²) in [5.74, 6) is 4.20. The molecule has 0 radical (unpaired) electrons. The number of furan rings is 1. The van der Waals surface area contributed by atoms with Crippen molar-refractivity contribution >= 4 is 11.8 Å². The van der Waals surface area contributed by atoms with Gasteiger partial charge < -0.3 is 13.7 Å². The van der Waals surface area contributed by atoms with Crippen molar-refractivity contribution in [2.45, 2.75) is 43.1 Å². The Morgan fingerprint density at radius 3 is 2.77 bits per heavy atom. The van der Waals surface area contributed by atoms with Crippen molar-refractivity contribution in [2.75, 3.05) is 7.11 Å². The van der Waals surface area contributed by atoms with E-state index in [0.717, 1.165) is 52.3 Å². The van der Waals surface area contributed by atoms with Gasteiger partial charge in [-0.25, -0.2) is 0 Å². The van der Waals surface area contributed by atoms with Crippen LogP contribution >= 0.6 is 11.8 Å². The fourth-order valence-electron chi connectivity index (χ4n) is 3.75. The fourth-order valence-corrected chi connectivity index (χ4v) is 4.64. The fraction of sp³-hybridized carbons (Fsp3) is 0.318. The second kappa shape index (κ2) is 8.39. The molecule has 3 heterocycles. The molecule has 0 amide bonds. The van der Waals surface area contributed by atoms with Crippen LogP contribution in [0, 0.1) is 0 Å². The van der Waals surface area contributed by atoms with Crippen LogP contribution in [-0.4, -0.2) is 27.0 Å². The van der Waals surface area contributed by atoms with Crippen LogP contribution < -0.4 is 4.74 Å². The van der Waals surface area contributed by atoms with E-state index in [-0.39, 0.29) is 0 Å². The van der Waals surface area contributed by atoms with Crippen molar-refractivity contribution in [3.63, 3.8) is 0 Å². The zero-order chi connectivity index (χ0) is 20.3. The SMILES string of the molecule is COc1ccc(-c2nnc(SCc3noc4c3CCCC4)n2Cc2ccco2)cc1. The number of methoxy groups -OCH3 is 1. The number of aromatic nitrogens is 4. The highest BCUT2D eigenvalue weighted by molar-refractivity contribution is 7.98. The predicted octanol–water partition coefficient (Wildman–Crippen LogP) is 4.75. The predicted molar refractivity (Wildman–Crippen MR) is 113 cm³/mol. The van der Waals surface area contributed by atoms with Crippen LogP contribution in [0.15, 0.2) is 56.8 Å². The summed E-state index contributed by atoms with van der Waals surface area (Å²) in [6.45, 7) is 0.556. The molecule has 154 valence electrons. The summed E-state index contributed by atoms with van der Waals surface area (Å²) in [5.41, 5.74) is 3.27. The van der Waals surface area contributed by atoms with Crippen molar-refractivity contribution in [3.05, 3.63) is 65.4 Å². The first-order valence-corrected chi connectivity index (χ1v) is 11.0. The Labute approximate surface area is 178 Å². The number of ether oxygens (including phenoxy) is 1. The molecule has 7 nitrogen and oxygen atoms in total. The lowest BCUT2D eigenvalue weighted by Gasteiger charge is -2.10. The maximum Gasteiger partial charge on any atom is 0.192 e. The van der Waals surface area contributed by atoms with Gasteiger partial charge in [-0.05, 0) is 55.7 Å². The molecule has 5 rings (SSSR count). The Hall–Kier alpha value is -3.00. The summed E-state index contributed by atoms with van der Waals surface area (Å²) in [6.07, 6.45) is 6.09. The Bertz CT molecular complexity index is 1120. The number of fused-ring (bicyclic) bond motifs is 1. The van der Waals surface area contributed by atoms with Gasteiger partial charge in [0, 0.05) is 23.3 Å². The summed E-state index contributed by atoms with van der Waals surface area (Å²) in [5, 5.41) is 14.1. The standard InChI is InChI=1S/C22H22N4O3S/c1-27-16-10-8-15(9-11-16)21-23-24-22(26(21)13-17-5-4-12-28-17)30-14-19-18-6-2-3-7-20(18)29-25-19/h4-5,8-12H,2-3,6-7,13-14H2,1H3. The van der Waals surface area contributed by atoms with E-state index in [1.54, 1.807) is 25.1 Å². The number of hydrogen-bond acceptors (Lipinski definition) is 7. The zero-order valence-electron chi connectivity index (χ0n) is 16.7. The lowest BCUT2D eigenvalue weighted by molar-refractivity contribution is 0.369. The number of hydrogen-bond donors (Lipinski definition) is 0. The van der Waals surface area contributed by atoms with Gasteiger partial charge in [-0.2, -0.15) is 0 Å². The van der Waals surface area contributed by atoms with Crippen molar-refractivity contribution < 1.29 is 13.7 Å². The van der Waals surface area contributed by atoms with Gasteiger partial charge in [-0.3, -0.25) is 4.57 Å². The molecule has 0 atom stereocenters. The number of rotatable bonds is 7. The van der Waals surface area contributed by atoms with Gasteiger partial charge in [0.2, 0.25) is 0 Å². The summed E-state index contributed by atoms with van der Waals surface area (Å²) >= 11 is 1.62. The average molecular weight is 423 g/mol. The smallest absolute Gasteiger partial charge is 0.192 e. The van der Waals surface area contributed by atoms with Gasteiger partial charge >= 0.3 is 0 Å². The first kappa shape index (κ1) is 19.0. The molecular weight excluding hydrogens is 400 g/mol. The third-order valence-electron chi connectivity index (χ3n) is 5.33. The Morgan fingerprint density at radius 2 is 1.97 bits per heavy atom. The van der Waals surface area contributed by atoms with Crippen molar-refractivity contribution in [2.24, 2.45) is 0 Å². The molecule has 0 saturated heterocycles. The minimum Gasteiger partial charge on any atom is -0.497 e. The number of nitrogens with zero attached hydrogens (tertiary/aromatic N) is 4.